The summed E-state index contributed by atoms with van der Waals surface area (Å²) in [5, 5.41) is 11.1. The van der Waals surface area contributed by atoms with E-state index in [0.717, 1.165) is 34.6 Å². The smallest absolute Gasteiger partial charge is 0.237 e. The van der Waals surface area contributed by atoms with E-state index in [1.165, 1.54) is 11.8 Å². The number of methoxy groups -OCH3 is 1. The number of fused-ring (bicyclic) bond motifs is 1. The van der Waals surface area contributed by atoms with Crippen LogP contribution in [0.2, 0.25) is 0 Å². The Labute approximate surface area is 163 Å². The first-order valence-corrected chi connectivity index (χ1v) is 10.0. The number of nitrogens with zero attached hydrogens (tertiary/aromatic N) is 4. The van der Waals surface area contributed by atoms with Crippen LogP contribution in [0.15, 0.2) is 53.9 Å². The topological polar surface area (TPSA) is 60.2 Å². The quantitative estimate of drug-likeness (QED) is 0.417. The van der Waals surface area contributed by atoms with Crippen molar-refractivity contribution in [2.75, 3.05) is 30.9 Å². The van der Waals surface area contributed by atoms with E-state index >= 15 is 0 Å². The Balaban J connectivity index is 1.70. The summed E-state index contributed by atoms with van der Waals surface area (Å²) < 4.78 is 7.05. The summed E-state index contributed by atoms with van der Waals surface area (Å²) in [6.07, 6.45) is 2.58. The van der Waals surface area contributed by atoms with Crippen molar-refractivity contribution in [2.45, 2.75) is 25.0 Å². The molecule has 1 heterocycles. The Kier molecular flexibility index (Phi) is 6.84. The van der Waals surface area contributed by atoms with Crippen LogP contribution < -0.4 is 4.90 Å². The molecule has 0 saturated carbocycles. The zero-order valence-corrected chi connectivity index (χ0v) is 16.5. The fraction of sp³-hybridized carbons (Fsp3) is 0.350. The number of carbonyl (C=O) groups is 1. The predicted molar refractivity (Wildman–Crippen MR) is 109 cm³/mol. The number of aryl methyl sites for hydroxylation is 1. The number of hydrogen-bond acceptors (Lipinski definition) is 5. The van der Waals surface area contributed by atoms with E-state index in [-0.39, 0.29) is 5.91 Å². The standard InChI is InChI=1S/C20H24N4O2S/c1-3-24(18-11-6-9-16-8-4-5-10-17(16)18)19(25)14-27-20-22-21-15-23(20)12-7-13-26-2/h4-6,8-11,15H,3,7,12-14H2,1-2H3. The van der Waals surface area contributed by atoms with Crippen molar-refractivity contribution >= 4 is 34.1 Å². The molecule has 7 heteroatoms. The first kappa shape index (κ1) is 19.4. The van der Waals surface area contributed by atoms with Gasteiger partial charge in [0.05, 0.1) is 11.4 Å². The van der Waals surface area contributed by atoms with Crippen LogP contribution in [0.1, 0.15) is 13.3 Å². The molecule has 0 N–H and O–H groups in total. The van der Waals surface area contributed by atoms with Crippen molar-refractivity contribution in [3.63, 3.8) is 0 Å². The summed E-state index contributed by atoms with van der Waals surface area (Å²) in [4.78, 5) is 14.7. The average molecular weight is 385 g/mol. The lowest BCUT2D eigenvalue weighted by atomic mass is 10.1. The van der Waals surface area contributed by atoms with Gasteiger partial charge in [0.15, 0.2) is 5.16 Å². The third kappa shape index (κ3) is 4.67. The van der Waals surface area contributed by atoms with Gasteiger partial charge >= 0.3 is 0 Å². The minimum atomic E-state index is 0.0605. The van der Waals surface area contributed by atoms with Crippen molar-refractivity contribution in [1.29, 1.82) is 0 Å². The van der Waals surface area contributed by atoms with Crippen LogP contribution in [0, 0.1) is 0 Å². The third-order valence-electron chi connectivity index (χ3n) is 4.33. The Bertz CT molecular complexity index is 891. The Morgan fingerprint density at radius 2 is 2.04 bits per heavy atom. The monoisotopic (exact) mass is 384 g/mol. The number of aromatic nitrogens is 3. The Morgan fingerprint density at radius 1 is 1.22 bits per heavy atom. The highest BCUT2D eigenvalue weighted by Gasteiger charge is 2.17. The summed E-state index contributed by atoms with van der Waals surface area (Å²) in [6.45, 7) is 4.08. The SMILES string of the molecule is CCN(C(=O)CSc1nncn1CCCOC)c1cccc2ccccc12. The fourth-order valence-corrected chi connectivity index (χ4v) is 3.84. The van der Waals surface area contributed by atoms with Gasteiger partial charge < -0.3 is 14.2 Å². The molecule has 2 aromatic carbocycles. The number of benzene rings is 2. The molecule has 0 aliphatic rings. The van der Waals surface area contributed by atoms with Crippen LogP contribution in [0.3, 0.4) is 0 Å². The molecule has 0 atom stereocenters. The minimum absolute atomic E-state index is 0.0605. The molecule has 0 bridgehead atoms. The largest absolute Gasteiger partial charge is 0.385 e. The normalized spacial score (nSPS) is 11.0. The summed E-state index contributed by atoms with van der Waals surface area (Å²) in [5.41, 5.74) is 0.947. The van der Waals surface area contributed by atoms with Crippen molar-refractivity contribution in [3.8, 4) is 0 Å². The number of ether oxygens (including phenoxy) is 1. The van der Waals surface area contributed by atoms with Crippen LogP contribution in [-0.2, 0) is 16.1 Å². The van der Waals surface area contributed by atoms with Crippen LogP contribution in [-0.4, -0.2) is 46.7 Å². The van der Waals surface area contributed by atoms with Crippen LogP contribution in [0.5, 0.6) is 0 Å². The predicted octanol–water partition coefficient (Wildman–Crippen LogP) is 3.61. The third-order valence-corrected chi connectivity index (χ3v) is 5.29. The molecule has 27 heavy (non-hydrogen) atoms. The van der Waals surface area contributed by atoms with Gasteiger partial charge in [-0.1, -0.05) is 48.2 Å². The van der Waals surface area contributed by atoms with E-state index in [0.29, 0.717) is 18.9 Å². The average Bonchev–Trinajstić information content (AvgIpc) is 3.15. The van der Waals surface area contributed by atoms with Crippen molar-refractivity contribution in [2.24, 2.45) is 0 Å². The number of rotatable bonds is 9. The first-order valence-electron chi connectivity index (χ1n) is 9.02. The van der Waals surface area contributed by atoms with Crippen molar-refractivity contribution < 1.29 is 9.53 Å². The molecule has 142 valence electrons. The molecule has 0 unspecified atom stereocenters. The lowest BCUT2D eigenvalue weighted by Gasteiger charge is -2.22. The highest BCUT2D eigenvalue weighted by Crippen LogP contribution is 2.27. The summed E-state index contributed by atoms with van der Waals surface area (Å²) >= 11 is 1.42. The molecule has 6 nitrogen and oxygen atoms in total. The van der Waals surface area contributed by atoms with Gasteiger partial charge in [-0.25, -0.2) is 0 Å². The molecule has 0 aliphatic heterocycles. The van der Waals surface area contributed by atoms with E-state index in [1.54, 1.807) is 13.4 Å². The van der Waals surface area contributed by atoms with Crippen molar-refractivity contribution in [3.05, 3.63) is 48.8 Å². The second kappa shape index (κ2) is 9.53. The molecule has 3 rings (SSSR count). The molecule has 1 amide bonds. The number of carbonyl (C=O) groups excluding carboxylic acids is 1. The first-order chi connectivity index (χ1) is 13.2. The van der Waals surface area contributed by atoms with E-state index in [4.69, 9.17) is 4.74 Å². The van der Waals surface area contributed by atoms with Crippen LogP contribution >= 0.6 is 11.8 Å². The molecule has 0 radical (unpaired) electrons. The summed E-state index contributed by atoms with van der Waals surface area (Å²) in [5.74, 6) is 0.380. The van der Waals surface area contributed by atoms with Crippen molar-refractivity contribution in [1.82, 2.24) is 14.8 Å². The van der Waals surface area contributed by atoms with Gasteiger partial charge in [-0.05, 0) is 24.8 Å². The number of thioether (sulfide) groups is 1. The summed E-state index contributed by atoms with van der Waals surface area (Å²) in [7, 11) is 1.69. The second-order valence-electron chi connectivity index (χ2n) is 6.08. The van der Waals surface area contributed by atoms with Gasteiger partial charge in [0.2, 0.25) is 5.91 Å². The minimum Gasteiger partial charge on any atom is -0.385 e. The molecule has 1 aromatic heterocycles. The maximum atomic E-state index is 12.9. The second-order valence-corrected chi connectivity index (χ2v) is 7.02. The van der Waals surface area contributed by atoms with Gasteiger partial charge in [0.1, 0.15) is 6.33 Å². The van der Waals surface area contributed by atoms with Gasteiger partial charge in [-0.15, -0.1) is 10.2 Å². The zero-order valence-electron chi connectivity index (χ0n) is 15.7. The van der Waals surface area contributed by atoms with E-state index in [2.05, 4.69) is 28.4 Å². The van der Waals surface area contributed by atoms with E-state index in [1.807, 2.05) is 40.7 Å². The number of amides is 1. The molecular formula is C20H24N4O2S. The fourth-order valence-electron chi connectivity index (χ4n) is 3.02. The molecule has 0 fully saturated rings. The lowest BCUT2D eigenvalue weighted by Crippen LogP contribution is -2.32. The van der Waals surface area contributed by atoms with Gasteiger partial charge in [0, 0.05) is 32.2 Å². The maximum absolute atomic E-state index is 12.9. The molecule has 3 aromatic rings. The van der Waals surface area contributed by atoms with E-state index in [9.17, 15) is 4.79 Å². The summed E-state index contributed by atoms with van der Waals surface area (Å²) in [6, 6.07) is 14.2. The number of hydrogen-bond donors (Lipinski definition) is 0. The molecule has 0 spiro atoms. The molecule has 0 aliphatic carbocycles. The van der Waals surface area contributed by atoms with Crippen LogP contribution in [0.25, 0.3) is 10.8 Å². The van der Waals surface area contributed by atoms with Gasteiger partial charge in [0.25, 0.3) is 0 Å². The van der Waals surface area contributed by atoms with Crippen LogP contribution in [0.4, 0.5) is 5.69 Å². The lowest BCUT2D eigenvalue weighted by molar-refractivity contribution is -0.116. The Morgan fingerprint density at radius 3 is 2.85 bits per heavy atom. The number of anilines is 1. The highest BCUT2D eigenvalue weighted by molar-refractivity contribution is 7.99. The molecule has 0 saturated heterocycles. The highest BCUT2D eigenvalue weighted by atomic mass is 32.2. The van der Waals surface area contributed by atoms with E-state index < -0.39 is 0 Å². The zero-order chi connectivity index (χ0) is 19.1. The van der Waals surface area contributed by atoms with Gasteiger partial charge in [-0.2, -0.15) is 0 Å². The Hall–Kier alpha value is -2.38. The maximum Gasteiger partial charge on any atom is 0.237 e. The van der Waals surface area contributed by atoms with Gasteiger partial charge in [-0.3, -0.25) is 4.79 Å². The molecular weight excluding hydrogens is 360 g/mol.